The number of carbonyl (C=O) groups excluding carboxylic acids is 2. The van der Waals surface area contributed by atoms with E-state index in [0.29, 0.717) is 16.7 Å². The SMILES string of the molecule is CC(C)C(=O)Oc1ccc(C=NN=C2NC(=O)CS2)cc1. The normalized spacial score (nSPS) is 16.7. The third kappa shape index (κ3) is 4.71. The minimum Gasteiger partial charge on any atom is -0.426 e. The summed E-state index contributed by atoms with van der Waals surface area (Å²) in [6.07, 6.45) is 1.56. The Kier molecular flexibility index (Phi) is 5.10. The number of nitrogens with one attached hydrogen (secondary N) is 1. The lowest BCUT2D eigenvalue weighted by Crippen LogP contribution is -2.19. The standard InChI is InChI=1S/C14H15N3O3S/c1-9(2)13(19)20-11-5-3-10(4-6-11)7-15-17-14-16-12(18)8-21-14/h3-7,9H,8H2,1-2H3,(H,16,17,18). The highest BCUT2D eigenvalue weighted by molar-refractivity contribution is 8.15. The Morgan fingerprint density at radius 2 is 2.10 bits per heavy atom. The second-order valence-corrected chi connectivity index (χ2v) is 5.60. The van der Waals surface area contributed by atoms with Crippen LogP contribution in [0.1, 0.15) is 19.4 Å². The van der Waals surface area contributed by atoms with Crippen LogP contribution in [0.5, 0.6) is 5.75 Å². The summed E-state index contributed by atoms with van der Waals surface area (Å²) in [5.41, 5.74) is 0.818. The summed E-state index contributed by atoms with van der Waals surface area (Å²) in [4.78, 5) is 22.4. The summed E-state index contributed by atoms with van der Waals surface area (Å²) in [5.74, 6) is 0.378. The summed E-state index contributed by atoms with van der Waals surface area (Å²) in [7, 11) is 0. The van der Waals surface area contributed by atoms with E-state index >= 15 is 0 Å². The van der Waals surface area contributed by atoms with Crippen LogP contribution in [0, 0.1) is 5.92 Å². The van der Waals surface area contributed by atoms with E-state index in [1.165, 1.54) is 11.8 Å². The molecule has 0 radical (unpaired) electrons. The molecule has 1 amide bonds. The number of rotatable bonds is 4. The quantitative estimate of drug-likeness (QED) is 0.398. The highest BCUT2D eigenvalue weighted by Crippen LogP contribution is 2.13. The molecule has 0 aromatic heterocycles. The Morgan fingerprint density at radius 3 is 2.67 bits per heavy atom. The van der Waals surface area contributed by atoms with Crippen molar-refractivity contribution in [3.8, 4) is 5.75 Å². The van der Waals surface area contributed by atoms with Crippen molar-refractivity contribution < 1.29 is 14.3 Å². The number of hydrogen-bond acceptors (Lipinski definition) is 6. The van der Waals surface area contributed by atoms with Crippen LogP contribution in [0.15, 0.2) is 34.5 Å². The van der Waals surface area contributed by atoms with Crippen molar-refractivity contribution in [3.63, 3.8) is 0 Å². The Balaban J connectivity index is 1.93. The summed E-state index contributed by atoms with van der Waals surface area (Å²) in [5, 5.41) is 10.9. The number of nitrogens with zero attached hydrogens (tertiary/aromatic N) is 2. The Morgan fingerprint density at radius 1 is 1.38 bits per heavy atom. The first-order valence-corrected chi connectivity index (χ1v) is 7.38. The number of esters is 1. The van der Waals surface area contributed by atoms with E-state index in [9.17, 15) is 9.59 Å². The molecule has 1 saturated heterocycles. The fraction of sp³-hybridized carbons (Fsp3) is 0.286. The number of thioether (sulfide) groups is 1. The third-order valence-electron chi connectivity index (χ3n) is 2.51. The molecule has 0 saturated carbocycles. The molecule has 1 aliphatic rings. The number of ether oxygens (including phenoxy) is 1. The van der Waals surface area contributed by atoms with Gasteiger partial charge < -0.3 is 10.1 Å². The summed E-state index contributed by atoms with van der Waals surface area (Å²) < 4.78 is 5.17. The molecule has 1 heterocycles. The third-order valence-corrected chi connectivity index (χ3v) is 3.38. The summed E-state index contributed by atoms with van der Waals surface area (Å²) >= 11 is 1.32. The zero-order valence-electron chi connectivity index (χ0n) is 11.7. The predicted octanol–water partition coefficient (Wildman–Crippen LogP) is 1.80. The molecule has 0 atom stereocenters. The second kappa shape index (κ2) is 7.03. The maximum Gasteiger partial charge on any atom is 0.313 e. The van der Waals surface area contributed by atoms with Crippen LogP contribution in [0.25, 0.3) is 0 Å². The first kappa shape index (κ1) is 15.2. The van der Waals surface area contributed by atoms with Crippen LogP contribution < -0.4 is 10.1 Å². The number of hydrogen-bond donors (Lipinski definition) is 1. The molecule has 1 N–H and O–H groups in total. The average molecular weight is 305 g/mol. The van der Waals surface area contributed by atoms with Crippen LogP contribution in [0.2, 0.25) is 0 Å². The first-order chi connectivity index (χ1) is 10.0. The van der Waals surface area contributed by atoms with Gasteiger partial charge in [0.05, 0.1) is 17.9 Å². The van der Waals surface area contributed by atoms with Crippen LogP contribution >= 0.6 is 11.8 Å². The van der Waals surface area contributed by atoms with E-state index in [-0.39, 0.29) is 17.8 Å². The molecule has 7 heteroatoms. The molecule has 6 nitrogen and oxygen atoms in total. The van der Waals surface area contributed by atoms with E-state index in [0.717, 1.165) is 5.56 Å². The van der Waals surface area contributed by atoms with Gasteiger partial charge in [0, 0.05) is 0 Å². The number of amides is 1. The van der Waals surface area contributed by atoms with Gasteiger partial charge in [0.2, 0.25) is 5.91 Å². The molecule has 0 unspecified atom stereocenters. The summed E-state index contributed by atoms with van der Waals surface area (Å²) in [6.45, 7) is 3.56. The average Bonchev–Trinajstić information content (AvgIpc) is 2.86. The Bertz CT molecular complexity index is 594. The van der Waals surface area contributed by atoms with Gasteiger partial charge in [0.25, 0.3) is 0 Å². The molecule has 0 bridgehead atoms. The smallest absolute Gasteiger partial charge is 0.313 e. The minimum atomic E-state index is -0.267. The van der Waals surface area contributed by atoms with Gasteiger partial charge in [-0.1, -0.05) is 25.6 Å². The predicted molar refractivity (Wildman–Crippen MR) is 82.5 cm³/mol. The molecule has 21 heavy (non-hydrogen) atoms. The van der Waals surface area contributed by atoms with Gasteiger partial charge in [-0.3, -0.25) is 9.59 Å². The number of amidine groups is 1. The fourth-order valence-electron chi connectivity index (χ4n) is 1.38. The maximum atomic E-state index is 11.4. The molecule has 110 valence electrons. The molecule has 1 aromatic rings. The van der Waals surface area contributed by atoms with Crippen LogP contribution in [-0.2, 0) is 9.59 Å². The molecule has 1 aliphatic heterocycles. The van der Waals surface area contributed by atoms with Crippen LogP contribution in [-0.4, -0.2) is 29.0 Å². The number of benzene rings is 1. The monoisotopic (exact) mass is 305 g/mol. The minimum absolute atomic E-state index is 0.0646. The van der Waals surface area contributed by atoms with E-state index in [1.807, 2.05) is 0 Å². The lowest BCUT2D eigenvalue weighted by atomic mass is 10.2. The maximum absolute atomic E-state index is 11.4. The van der Waals surface area contributed by atoms with Gasteiger partial charge in [-0.2, -0.15) is 5.10 Å². The Labute approximate surface area is 126 Å². The van der Waals surface area contributed by atoms with Gasteiger partial charge in [0.1, 0.15) is 5.75 Å². The van der Waals surface area contributed by atoms with Crippen molar-refractivity contribution in [2.45, 2.75) is 13.8 Å². The molecule has 0 spiro atoms. The van der Waals surface area contributed by atoms with Crippen molar-refractivity contribution in [2.24, 2.45) is 16.1 Å². The second-order valence-electron chi connectivity index (χ2n) is 4.63. The van der Waals surface area contributed by atoms with Crippen LogP contribution in [0.3, 0.4) is 0 Å². The van der Waals surface area contributed by atoms with Gasteiger partial charge in [0.15, 0.2) is 5.17 Å². The van der Waals surface area contributed by atoms with Crippen molar-refractivity contribution in [3.05, 3.63) is 29.8 Å². The van der Waals surface area contributed by atoms with Gasteiger partial charge in [-0.25, -0.2) is 0 Å². The fourth-order valence-corrected chi connectivity index (χ4v) is 2.01. The first-order valence-electron chi connectivity index (χ1n) is 6.40. The lowest BCUT2D eigenvalue weighted by molar-refractivity contribution is -0.137. The van der Waals surface area contributed by atoms with E-state index in [1.54, 1.807) is 44.3 Å². The van der Waals surface area contributed by atoms with Gasteiger partial charge in [-0.05, 0) is 29.8 Å². The highest BCUT2D eigenvalue weighted by atomic mass is 32.2. The van der Waals surface area contributed by atoms with Crippen molar-refractivity contribution in [2.75, 3.05) is 5.75 Å². The van der Waals surface area contributed by atoms with Gasteiger partial charge in [-0.15, -0.1) is 5.10 Å². The molecule has 2 rings (SSSR count). The molecular formula is C14H15N3O3S. The topological polar surface area (TPSA) is 80.1 Å². The van der Waals surface area contributed by atoms with Gasteiger partial charge >= 0.3 is 5.97 Å². The molecule has 0 aliphatic carbocycles. The van der Waals surface area contributed by atoms with E-state index in [2.05, 4.69) is 15.5 Å². The van der Waals surface area contributed by atoms with Crippen molar-refractivity contribution >= 4 is 35.0 Å². The highest BCUT2D eigenvalue weighted by Gasteiger charge is 2.15. The Hall–Kier alpha value is -2.15. The van der Waals surface area contributed by atoms with E-state index < -0.39 is 0 Å². The molecule has 1 fully saturated rings. The summed E-state index contributed by atoms with van der Waals surface area (Å²) in [6, 6.07) is 6.93. The zero-order valence-corrected chi connectivity index (χ0v) is 12.5. The lowest BCUT2D eigenvalue weighted by Gasteiger charge is -2.06. The zero-order chi connectivity index (χ0) is 15.2. The van der Waals surface area contributed by atoms with Crippen LogP contribution in [0.4, 0.5) is 0 Å². The molecular weight excluding hydrogens is 290 g/mol. The van der Waals surface area contributed by atoms with E-state index in [4.69, 9.17) is 4.74 Å². The largest absolute Gasteiger partial charge is 0.426 e. The number of carbonyl (C=O) groups is 2. The molecule has 1 aromatic carbocycles. The van der Waals surface area contributed by atoms with Crippen molar-refractivity contribution in [1.29, 1.82) is 0 Å². The van der Waals surface area contributed by atoms with Crippen molar-refractivity contribution in [1.82, 2.24) is 5.32 Å².